The highest BCUT2D eigenvalue weighted by molar-refractivity contribution is 7.81. The van der Waals surface area contributed by atoms with E-state index in [9.17, 15) is 19.7 Å². The number of non-ortho nitro benzene ring substituents is 1. The van der Waals surface area contributed by atoms with Gasteiger partial charge in [-0.15, -0.1) is 0 Å². The second kappa shape index (κ2) is 8.36. The summed E-state index contributed by atoms with van der Waals surface area (Å²) >= 11 is 4.44. The molecule has 2 amide bonds. The molecular formula is C18H24N4O5S. The van der Waals surface area contributed by atoms with Gasteiger partial charge < -0.3 is 14.5 Å². The van der Waals surface area contributed by atoms with E-state index >= 15 is 0 Å². The zero-order valence-electron chi connectivity index (χ0n) is 15.9. The maximum atomic E-state index is 12.8. The summed E-state index contributed by atoms with van der Waals surface area (Å²) in [5.74, 6) is -0.0677. The molecule has 2 aliphatic rings. The summed E-state index contributed by atoms with van der Waals surface area (Å²) in [5, 5.41) is 10.6. The van der Waals surface area contributed by atoms with E-state index in [0.717, 1.165) is 0 Å². The molecule has 152 valence electrons. The van der Waals surface area contributed by atoms with Crippen molar-refractivity contribution in [2.24, 2.45) is 0 Å². The molecule has 2 heterocycles. The van der Waals surface area contributed by atoms with Crippen LogP contribution >= 0.6 is 12.6 Å². The van der Waals surface area contributed by atoms with Gasteiger partial charge in [-0.05, 0) is 38.2 Å². The summed E-state index contributed by atoms with van der Waals surface area (Å²) in [6.45, 7) is 1.65. The Bertz CT molecular complexity index is 751. The highest BCUT2D eigenvalue weighted by atomic mass is 32.1. The van der Waals surface area contributed by atoms with Gasteiger partial charge in [-0.3, -0.25) is 19.8 Å². The number of hydrogen-bond acceptors (Lipinski definition) is 7. The fraction of sp³-hybridized carbons (Fsp3) is 0.556. The first-order valence-electron chi connectivity index (χ1n) is 9.06. The van der Waals surface area contributed by atoms with Crippen molar-refractivity contribution < 1.29 is 19.2 Å². The van der Waals surface area contributed by atoms with Crippen LogP contribution in [0.25, 0.3) is 0 Å². The molecule has 0 bridgehead atoms. The minimum Gasteiger partial charge on any atom is -0.445 e. The molecule has 0 aliphatic carbocycles. The molecule has 1 aromatic carbocycles. The number of amides is 2. The number of thiol groups is 1. The molecule has 1 aromatic rings. The summed E-state index contributed by atoms with van der Waals surface area (Å²) in [4.78, 5) is 40.8. The Kier molecular flexibility index (Phi) is 6.09. The van der Waals surface area contributed by atoms with Crippen LogP contribution in [0.4, 0.5) is 10.5 Å². The molecule has 0 unspecified atom stereocenters. The lowest BCUT2D eigenvalue weighted by Gasteiger charge is -2.44. The zero-order chi connectivity index (χ0) is 20.4. The van der Waals surface area contributed by atoms with E-state index in [1.54, 1.807) is 17.0 Å². The van der Waals surface area contributed by atoms with Crippen LogP contribution in [-0.4, -0.2) is 82.7 Å². The van der Waals surface area contributed by atoms with Crippen LogP contribution in [0.3, 0.4) is 0 Å². The van der Waals surface area contributed by atoms with Crippen LogP contribution < -0.4 is 0 Å². The molecule has 28 heavy (non-hydrogen) atoms. The largest absolute Gasteiger partial charge is 0.445 e. The second-order valence-electron chi connectivity index (χ2n) is 7.40. The van der Waals surface area contributed by atoms with Gasteiger partial charge in [-0.2, -0.15) is 12.6 Å². The Morgan fingerprint density at radius 2 is 1.89 bits per heavy atom. The lowest BCUT2D eigenvalue weighted by Crippen LogP contribution is -2.62. The van der Waals surface area contributed by atoms with Crippen LogP contribution in [0.1, 0.15) is 12.0 Å². The highest BCUT2D eigenvalue weighted by Gasteiger charge is 2.44. The fourth-order valence-electron chi connectivity index (χ4n) is 3.36. The summed E-state index contributed by atoms with van der Waals surface area (Å²) < 4.78 is 5.34. The van der Waals surface area contributed by atoms with Gasteiger partial charge in [0, 0.05) is 43.1 Å². The van der Waals surface area contributed by atoms with Gasteiger partial charge in [0.1, 0.15) is 12.6 Å². The number of nitro groups is 1. The number of likely N-dealkylation sites (tertiary alicyclic amines) is 2. The van der Waals surface area contributed by atoms with Crippen LogP contribution in [0.2, 0.25) is 0 Å². The SMILES string of the molecule is CN(C)C1CN(C(=O)[C@@H]2C[C@H](S)CN2C(=O)OCc2ccc([N+](=O)[O-])cc2)C1. The maximum Gasteiger partial charge on any atom is 0.410 e. The Morgan fingerprint density at radius 3 is 2.46 bits per heavy atom. The number of carbonyl (C=O) groups excluding carboxylic acids is 2. The Hall–Kier alpha value is -2.33. The van der Waals surface area contributed by atoms with E-state index in [0.29, 0.717) is 37.7 Å². The van der Waals surface area contributed by atoms with Gasteiger partial charge in [-0.25, -0.2) is 4.79 Å². The van der Waals surface area contributed by atoms with Gasteiger partial charge >= 0.3 is 6.09 Å². The minimum absolute atomic E-state index is 0.0160. The number of nitro benzene ring substituents is 1. The Balaban J connectivity index is 1.57. The van der Waals surface area contributed by atoms with Crippen molar-refractivity contribution in [2.75, 3.05) is 33.7 Å². The predicted octanol–water partition coefficient (Wildman–Crippen LogP) is 1.38. The molecule has 0 aromatic heterocycles. The number of rotatable bonds is 5. The third-order valence-corrected chi connectivity index (χ3v) is 5.59. The topological polar surface area (TPSA) is 96.2 Å². The van der Waals surface area contributed by atoms with Crippen molar-refractivity contribution in [3.8, 4) is 0 Å². The quantitative estimate of drug-likeness (QED) is 0.449. The average Bonchev–Trinajstić information content (AvgIpc) is 3.00. The molecule has 10 heteroatoms. The molecule has 2 fully saturated rings. The van der Waals surface area contributed by atoms with Crippen LogP contribution in [0.5, 0.6) is 0 Å². The van der Waals surface area contributed by atoms with Gasteiger partial charge in [0.25, 0.3) is 5.69 Å². The van der Waals surface area contributed by atoms with E-state index in [-0.39, 0.29) is 23.5 Å². The molecule has 2 atom stereocenters. The first-order valence-corrected chi connectivity index (χ1v) is 9.58. The number of carbonyl (C=O) groups is 2. The van der Waals surface area contributed by atoms with Crippen LogP contribution in [-0.2, 0) is 16.1 Å². The second-order valence-corrected chi connectivity index (χ2v) is 8.13. The maximum absolute atomic E-state index is 12.8. The normalized spacial score (nSPS) is 22.3. The predicted molar refractivity (Wildman–Crippen MR) is 105 cm³/mol. The third kappa shape index (κ3) is 4.39. The lowest BCUT2D eigenvalue weighted by atomic mass is 10.1. The number of ether oxygens (including phenoxy) is 1. The van der Waals surface area contributed by atoms with Gasteiger partial charge in [0.2, 0.25) is 5.91 Å². The van der Waals surface area contributed by atoms with E-state index in [4.69, 9.17) is 4.74 Å². The van der Waals surface area contributed by atoms with E-state index in [1.165, 1.54) is 17.0 Å². The number of nitrogens with zero attached hydrogens (tertiary/aromatic N) is 4. The first kappa shape index (κ1) is 20.4. The summed E-state index contributed by atoms with van der Waals surface area (Å²) in [6.07, 6.45) is -0.0736. The number of benzene rings is 1. The zero-order valence-corrected chi connectivity index (χ0v) is 16.7. The lowest BCUT2D eigenvalue weighted by molar-refractivity contribution is -0.384. The van der Waals surface area contributed by atoms with Gasteiger partial charge in [0.05, 0.1) is 4.92 Å². The van der Waals surface area contributed by atoms with Crippen molar-refractivity contribution >= 4 is 30.3 Å². The molecule has 9 nitrogen and oxygen atoms in total. The smallest absolute Gasteiger partial charge is 0.410 e. The molecule has 0 radical (unpaired) electrons. The minimum atomic E-state index is -0.571. The van der Waals surface area contributed by atoms with Crippen LogP contribution in [0.15, 0.2) is 24.3 Å². The molecule has 3 rings (SSSR count). The van der Waals surface area contributed by atoms with Crippen LogP contribution in [0, 0.1) is 10.1 Å². The standard InChI is InChI=1S/C18H24N4O5S/c1-19(2)14-8-20(9-14)17(23)16-7-15(28)10-21(16)18(24)27-11-12-3-5-13(6-4-12)22(25)26/h3-6,14-16,28H,7-11H2,1-2H3/t15-,16-/m0/s1. The highest BCUT2D eigenvalue weighted by Crippen LogP contribution is 2.27. The molecule has 0 spiro atoms. The molecular weight excluding hydrogens is 384 g/mol. The molecule has 0 saturated carbocycles. The first-order chi connectivity index (χ1) is 13.3. The van der Waals surface area contributed by atoms with Crippen molar-refractivity contribution in [1.82, 2.24) is 14.7 Å². The van der Waals surface area contributed by atoms with E-state index in [2.05, 4.69) is 17.5 Å². The third-order valence-electron chi connectivity index (χ3n) is 5.21. The van der Waals surface area contributed by atoms with Crippen molar-refractivity contribution in [2.45, 2.75) is 30.4 Å². The summed E-state index contributed by atoms with van der Waals surface area (Å²) in [5.41, 5.74) is 0.615. The van der Waals surface area contributed by atoms with Crippen molar-refractivity contribution in [3.63, 3.8) is 0 Å². The number of likely N-dealkylation sites (N-methyl/N-ethyl adjacent to an activating group) is 1. The Labute approximate surface area is 168 Å². The molecule has 0 N–H and O–H groups in total. The average molecular weight is 408 g/mol. The monoisotopic (exact) mass is 408 g/mol. The molecule has 2 saturated heterocycles. The van der Waals surface area contributed by atoms with Gasteiger partial charge in [0.15, 0.2) is 0 Å². The molecule has 2 aliphatic heterocycles. The van der Waals surface area contributed by atoms with E-state index in [1.807, 2.05) is 14.1 Å². The van der Waals surface area contributed by atoms with Crippen molar-refractivity contribution in [3.05, 3.63) is 39.9 Å². The number of hydrogen-bond donors (Lipinski definition) is 1. The summed E-state index contributed by atoms with van der Waals surface area (Å²) in [6, 6.07) is 5.59. The van der Waals surface area contributed by atoms with Gasteiger partial charge in [-0.1, -0.05) is 0 Å². The Morgan fingerprint density at radius 1 is 1.25 bits per heavy atom. The fourth-order valence-corrected chi connectivity index (χ4v) is 3.74. The summed E-state index contributed by atoms with van der Waals surface area (Å²) in [7, 11) is 3.96. The van der Waals surface area contributed by atoms with E-state index < -0.39 is 17.1 Å². The van der Waals surface area contributed by atoms with Crippen molar-refractivity contribution in [1.29, 1.82) is 0 Å².